The van der Waals surface area contributed by atoms with Crippen molar-refractivity contribution >= 4 is 17.6 Å². The first kappa shape index (κ1) is 12.4. The Morgan fingerprint density at radius 1 is 1.56 bits per heavy atom. The smallest absolute Gasteiger partial charge is 0.339 e. The minimum Gasteiger partial charge on any atom is -0.485 e. The first-order valence-corrected chi connectivity index (χ1v) is 5.39. The highest BCUT2D eigenvalue weighted by atomic mass is 35.5. The molecule has 0 fully saturated rings. The van der Waals surface area contributed by atoms with E-state index < -0.39 is 5.97 Å². The van der Waals surface area contributed by atoms with Gasteiger partial charge in [-0.3, -0.25) is 0 Å². The molecule has 0 aliphatic heterocycles. The van der Waals surface area contributed by atoms with Crippen molar-refractivity contribution in [3.05, 3.63) is 40.5 Å². The van der Waals surface area contributed by atoms with Crippen molar-refractivity contribution in [2.45, 2.75) is 13.5 Å². The van der Waals surface area contributed by atoms with Gasteiger partial charge in [-0.25, -0.2) is 4.79 Å². The Kier molecular flexibility index (Phi) is 3.47. The molecule has 0 bridgehead atoms. The van der Waals surface area contributed by atoms with Crippen LogP contribution in [-0.2, 0) is 6.61 Å². The molecule has 0 saturated carbocycles. The summed E-state index contributed by atoms with van der Waals surface area (Å²) in [5.74, 6) is -0.145. The highest BCUT2D eigenvalue weighted by Crippen LogP contribution is 2.23. The maximum atomic E-state index is 11.0. The SMILES string of the molecule is Cc1nc(COc2ccc(Cl)cc2C(=O)O)no1. The third-order valence-corrected chi connectivity index (χ3v) is 2.33. The van der Waals surface area contributed by atoms with E-state index in [1.165, 1.54) is 12.1 Å². The zero-order chi connectivity index (χ0) is 13.1. The number of rotatable bonds is 4. The zero-order valence-corrected chi connectivity index (χ0v) is 10.1. The van der Waals surface area contributed by atoms with Crippen LogP contribution >= 0.6 is 11.6 Å². The Labute approximate surface area is 107 Å². The molecule has 0 aliphatic carbocycles. The van der Waals surface area contributed by atoms with Crippen LogP contribution in [0.4, 0.5) is 0 Å². The summed E-state index contributed by atoms with van der Waals surface area (Å²) >= 11 is 5.72. The number of halogens is 1. The largest absolute Gasteiger partial charge is 0.485 e. The van der Waals surface area contributed by atoms with E-state index in [4.69, 9.17) is 26.0 Å². The molecule has 1 N–H and O–H groups in total. The second kappa shape index (κ2) is 5.05. The lowest BCUT2D eigenvalue weighted by Gasteiger charge is -2.07. The fourth-order valence-corrected chi connectivity index (χ4v) is 1.51. The number of hydrogen-bond acceptors (Lipinski definition) is 5. The van der Waals surface area contributed by atoms with Crippen molar-refractivity contribution in [1.29, 1.82) is 0 Å². The van der Waals surface area contributed by atoms with Crippen molar-refractivity contribution in [2.75, 3.05) is 0 Å². The van der Waals surface area contributed by atoms with Gasteiger partial charge in [0.25, 0.3) is 0 Å². The fourth-order valence-electron chi connectivity index (χ4n) is 1.34. The maximum Gasteiger partial charge on any atom is 0.339 e. The van der Waals surface area contributed by atoms with Gasteiger partial charge in [-0.15, -0.1) is 0 Å². The number of aromatic nitrogens is 2. The van der Waals surface area contributed by atoms with Crippen LogP contribution in [0.1, 0.15) is 22.1 Å². The van der Waals surface area contributed by atoms with Gasteiger partial charge < -0.3 is 14.4 Å². The number of aryl methyl sites for hydroxylation is 1. The molecular formula is C11H9ClN2O4. The standard InChI is InChI=1S/C11H9ClN2O4/c1-6-13-10(14-18-6)5-17-9-3-2-7(12)4-8(9)11(15)16/h2-4H,5H2,1H3,(H,15,16). The third kappa shape index (κ3) is 2.78. The summed E-state index contributed by atoms with van der Waals surface area (Å²) in [5.41, 5.74) is -0.0114. The van der Waals surface area contributed by atoms with Crippen molar-refractivity contribution < 1.29 is 19.2 Å². The number of aromatic carboxylic acids is 1. The Morgan fingerprint density at radius 2 is 2.33 bits per heavy atom. The molecule has 0 aliphatic rings. The summed E-state index contributed by atoms with van der Waals surface area (Å²) in [6.45, 7) is 1.68. The van der Waals surface area contributed by atoms with Crippen molar-refractivity contribution in [2.24, 2.45) is 0 Å². The quantitative estimate of drug-likeness (QED) is 0.916. The zero-order valence-electron chi connectivity index (χ0n) is 9.38. The summed E-state index contributed by atoms with van der Waals surface area (Å²) in [6, 6.07) is 4.35. The van der Waals surface area contributed by atoms with E-state index in [0.29, 0.717) is 16.7 Å². The lowest BCUT2D eigenvalue weighted by molar-refractivity contribution is 0.0691. The van der Waals surface area contributed by atoms with Crippen molar-refractivity contribution in [3.8, 4) is 5.75 Å². The number of carboxylic acids is 1. The Balaban J connectivity index is 2.16. The lowest BCUT2D eigenvalue weighted by atomic mass is 10.2. The molecule has 18 heavy (non-hydrogen) atoms. The van der Waals surface area contributed by atoms with Gasteiger partial charge >= 0.3 is 5.97 Å². The van der Waals surface area contributed by atoms with Crippen LogP contribution in [0.2, 0.25) is 5.02 Å². The number of carboxylic acid groups (broad SMARTS) is 1. The average molecular weight is 269 g/mol. The van der Waals surface area contributed by atoms with Crippen LogP contribution in [0, 0.1) is 6.92 Å². The molecule has 1 heterocycles. The van der Waals surface area contributed by atoms with Crippen molar-refractivity contribution in [1.82, 2.24) is 10.1 Å². The molecule has 0 amide bonds. The lowest BCUT2D eigenvalue weighted by Crippen LogP contribution is -2.04. The molecular weight excluding hydrogens is 260 g/mol. The summed E-state index contributed by atoms with van der Waals surface area (Å²) in [6.07, 6.45) is 0. The topological polar surface area (TPSA) is 85.5 Å². The van der Waals surface area contributed by atoms with Gasteiger partial charge in [0.15, 0.2) is 6.61 Å². The number of carbonyl (C=O) groups is 1. The Morgan fingerprint density at radius 3 is 2.94 bits per heavy atom. The number of nitrogens with zero attached hydrogens (tertiary/aromatic N) is 2. The highest BCUT2D eigenvalue weighted by molar-refractivity contribution is 6.31. The molecule has 2 aromatic rings. The first-order valence-electron chi connectivity index (χ1n) is 5.01. The van der Waals surface area contributed by atoms with Gasteiger partial charge in [0.1, 0.15) is 11.3 Å². The van der Waals surface area contributed by atoms with Gasteiger partial charge in [-0.1, -0.05) is 16.8 Å². The second-order valence-electron chi connectivity index (χ2n) is 3.46. The minimum atomic E-state index is -1.11. The van der Waals surface area contributed by atoms with Gasteiger partial charge in [0, 0.05) is 11.9 Å². The van der Waals surface area contributed by atoms with Gasteiger partial charge in [-0.05, 0) is 18.2 Å². The predicted molar refractivity (Wildman–Crippen MR) is 61.8 cm³/mol. The fraction of sp³-hybridized carbons (Fsp3) is 0.182. The molecule has 1 aromatic heterocycles. The van der Waals surface area contributed by atoms with Gasteiger partial charge in [0.05, 0.1) is 0 Å². The van der Waals surface area contributed by atoms with Crippen LogP contribution < -0.4 is 4.74 Å². The molecule has 0 spiro atoms. The summed E-state index contributed by atoms with van der Waals surface area (Å²) in [7, 11) is 0. The van der Waals surface area contributed by atoms with E-state index in [1.807, 2.05) is 0 Å². The number of hydrogen-bond donors (Lipinski definition) is 1. The van der Waals surface area contributed by atoms with Crippen molar-refractivity contribution in [3.63, 3.8) is 0 Å². The van der Waals surface area contributed by atoms with Crippen LogP contribution in [0.3, 0.4) is 0 Å². The van der Waals surface area contributed by atoms with Gasteiger partial charge in [0.2, 0.25) is 11.7 Å². The van der Waals surface area contributed by atoms with E-state index in [1.54, 1.807) is 13.0 Å². The Bertz CT molecular complexity index is 582. The van der Waals surface area contributed by atoms with E-state index in [0.717, 1.165) is 0 Å². The second-order valence-corrected chi connectivity index (χ2v) is 3.90. The molecule has 2 rings (SSSR count). The average Bonchev–Trinajstić information content (AvgIpc) is 2.73. The summed E-state index contributed by atoms with van der Waals surface area (Å²) in [4.78, 5) is 14.9. The van der Waals surface area contributed by atoms with Gasteiger partial charge in [-0.2, -0.15) is 4.98 Å². The van der Waals surface area contributed by atoms with E-state index >= 15 is 0 Å². The Hall–Kier alpha value is -2.08. The number of ether oxygens (including phenoxy) is 1. The molecule has 0 saturated heterocycles. The van der Waals surface area contributed by atoms with Crippen LogP contribution in [0.5, 0.6) is 5.75 Å². The number of benzene rings is 1. The summed E-state index contributed by atoms with van der Waals surface area (Å²) in [5, 5.41) is 13.0. The van der Waals surface area contributed by atoms with E-state index in [9.17, 15) is 4.79 Å². The maximum absolute atomic E-state index is 11.0. The molecule has 0 radical (unpaired) electrons. The van der Waals surface area contributed by atoms with Crippen LogP contribution in [-0.4, -0.2) is 21.2 Å². The normalized spacial score (nSPS) is 10.3. The molecule has 7 heteroatoms. The van der Waals surface area contributed by atoms with E-state index in [-0.39, 0.29) is 17.9 Å². The highest BCUT2D eigenvalue weighted by Gasteiger charge is 2.13. The van der Waals surface area contributed by atoms with E-state index in [2.05, 4.69) is 10.1 Å². The minimum absolute atomic E-state index is 0.0114. The first-order chi connectivity index (χ1) is 8.56. The monoisotopic (exact) mass is 268 g/mol. The van der Waals surface area contributed by atoms with Crippen LogP contribution in [0.15, 0.2) is 22.7 Å². The third-order valence-electron chi connectivity index (χ3n) is 2.10. The molecule has 6 nitrogen and oxygen atoms in total. The van der Waals surface area contributed by atoms with Crippen LogP contribution in [0.25, 0.3) is 0 Å². The molecule has 1 aromatic carbocycles. The molecule has 0 atom stereocenters. The summed E-state index contributed by atoms with van der Waals surface area (Å²) < 4.78 is 10.1. The molecule has 0 unspecified atom stereocenters. The molecule has 94 valence electrons. The predicted octanol–water partition coefficient (Wildman–Crippen LogP) is 2.31.